The van der Waals surface area contributed by atoms with E-state index in [9.17, 15) is 0 Å². The summed E-state index contributed by atoms with van der Waals surface area (Å²) in [6.07, 6.45) is 2.83. The van der Waals surface area contributed by atoms with Crippen LogP contribution in [-0.4, -0.2) is 15.6 Å². The maximum Gasteiger partial charge on any atom is 0.289 e. The molecule has 0 spiro atoms. The lowest BCUT2D eigenvalue weighted by Gasteiger charge is -2.26. The van der Waals surface area contributed by atoms with Gasteiger partial charge in [0, 0.05) is 5.02 Å². The summed E-state index contributed by atoms with van der Waals surface area (Å²) in [6.45, 7) is 11.1. The van der Waals surface area contributed by atoms with Gasteiger partial charge in [-0.05, 0) is 36.7 Å². The molecule has 0 aliphatic heterocycles. The Morgan fingerprint density at radius 2 is 2.00 bits per heavy atom. The predicted octanol–water partition coefficient (Wildman–Crippen LogP) is 4.61. The molecule has 1 aromatic carbocycles. The Morgan fingerprint density at radius 1 is 1.30 bits per heavy atom. The molecule has 2 nitrogen and oxygen atoms in total. The first-order valence-electron chi connectivity index (χ1n) is 6.65. The van der Waals surface area contributed by atoms with Crippen molar-refractivity contribution < 1.29 is 9.16 Å². The van der Waals surface area contributed by atoms with Crippen LogP contribution in [0.4, 0.5) is 0 Å². The highest BCUT2D eigenvalue weighted by atomic mass is 35.5. The molecule has 0 aliphatic rings. The molecule has 4 heteroatoms. The number of hydrogen-bond donors (Lipinski definition) is 0. The lowest BCUT2D eigenvalue weighted by molar-refractivity contribution is 0.189. The van der Waals surface area contributed by atoms with Gasteiger partial charge in [-0.15, -0.1) is 0 Å². The fourth-order valence-corrected chi connectivity index (χ4v) is 1.89. The monoisotopic (exact) mass is 309 g/mol. The zero-order valence-corrected chi connectivity index (χ0v) is 14.5. The molecule has 0 amide bonds. The van der Waals surface area contributed by atoms with E-state index in [1.54, 1.807) is 0 Å². The molecule has 1 radical (unpaired) electrons. The fraction of sp³-hybridized carbons (Fsp3) is 0.500. The van der Waals surface area contributed by atoms with Gasteiger partial charge in [-0.25, -0.2) is 0 Å². The highest BCUT2D eigenvalue weighted by Crippen LogP contribution is 2.27. The first-order chi connectivity index (χ1) is 9.29. The maximum atomic E-state index is 5.94. The third-order valence-corrected chi connectivity index (χ3v) is 3.49. The van der Waals surface area contributed by atoms with Gasteiger partial charge in [-0.3, -0.25) is 0 Å². The van der Waals surface area contributed by atoms with E-state index >= 15 is 0 Å². The number of rotatable bonds is 4. The van der Waals surface area contributed by atoms with Crippen LogP contribution in [0.5, 0.6) is 5.75 Å². The van der Waals surface area contributed by atoms with Crippen molar-refractivity contribution in [1.29, 1.82) is 0 Å². The summed E-state index contributed by atoms with van der Waals surface area (Å²) in [5.74, 6) is 4.04. The van der Waals surface area contributed by atoms with Crippen LogP contribution in [0.1, 0.15) is 20.8 Å². The number of hydrogen-bond acceptors (Lipinski definition) is 2. The van der Waals surface area contributed by atoms with Gasteiger partial charge in [0.2, 0.25) is 0 Å². The Morgan fingerprint density at radius 3 is 2.55 bits per heavy atom. The van der Waals surface area contributed by atoms with Gasteiger partial charge in [-0.2, -0.15) is 0 Å². The van der Waals surface area contributed by atoms with Crippen LogP contribution in [0.2, 0.25) is 18.1 Å². The molecular weight excluding hydrogens is 288 g/mol. The third kappa shape index (κ3) is 6.36. The van der Waals surface area contributed by atoms with Crippen molar-refractivity contribution in [2.75, 3.05) is 6.61 Å². The minimum Gasteiger partial charge on any atom is -0.500 e. The molecule has 0 aliphatic carbocycles. The quantitative estimate of drug-likeness (QED) is 0.597. The summed E-state index contributed by atoms with van der Waals surface area (Å²) in [7, 11) is -0.779. The van der Waals surface area contributed by atoms with Gasteiger partial charge in [0.25, 0.3) is 9.04 Å². The van der Waals surface area contributed by atoms with Gasteiger partial charge in [0.05, 0.1) is 12.0 Å². The highest BCUT2D eigenvalue weighted by molar-refractivity contribution is 6.48. The molecule has 1 aromatic rings. The fourth-order valence-electron chi connectivity index (χ4n) is 1.45. The van der Waals surface area contributed by atoms with E-state index in [0.717, 1.165) is 5.75 Å². The summed E-state index contributed by atoms with van der Waals surface area (Å²) >= 11 is 5.94. The molecule has 109 valence electrons. The average Bonchev–Trinajstić information content (AvgIpc) is 2.31. The van der Waals surface area contributed by atoms with Crippen molar-refractivity contribution >= 4 is 20.6 Å². The van der Waals surface area contributed by atoms with Crippen molar-refractivity contribution in [3.8, 4) is 17.8 Å². The van der Waals surface area contributed by atoms with E-state index in [1.807, 2.05) is 24.3 Å². The molecule has 0 unspecified atom stereocenters. The third-order valence-electron chi connectivity index (χ3n) is 2.75. The summed E-state index contributed by atoms with van der Waals surface area (Å²) in [5, 5.41) is 0.674. The molecule has 0 aromatic heterocycles. The molecule has 20 heavy (non-hydrogen) atoms. The zero-order valence-electron chi connectivity index (χ0n) is 12.8. The molecule has 1 rings (SSSR count). The lowest BCUT2D eigenvalue weighted by Crippen LogP contribution is -2.25. The summed E-state index contributed by atoms with van der Waals surface area (Å²) in [5.41, 5.74) is 0.0311. The highest BCUT2D eigenvalue weighted by Gasteiger charge is 2.24. The second kappa shape index (κ2) is 7.61. The van der Waals surface area contributed by atoms with Crippen LogP contribution >= 0.6 is 11.6 Å². The Bertz CT molecular complexity index is 483. The van der Waals surface area contributed by atoms with E-state index in [-0.39, 0.29) is 11.3 Å². The molecule has 1 atom stereocenters. The second-order valence-corrected chi connectivity index (χ2v) is 8.40. The summed E-state index contributed by atoms with van der Waals surface area (Å²) in [6, 6.07) is 7.41. The van der Waals surface area contributed by atoms with Crippen LogP contribution in [0, 0.1) is 23.4 Å². The van der Waals surface area contributed by atoms with Crippen molar-refractivity contribution in [3.05, 3.63) is 29.3 Å². The van der Waals surface area contributed by atoms with Gasteiger partial charge < -0.3 is 9.16 Å². The van der Waals surface area contributed by atoms with Crippen LogP contribution in [-0.2, 0) is 4.43 Å². The zero-order chi connectivity index (χ0) is 15.2. The average molecular weight is 310 g/mol. The Kier molecular flexibility index (Phi) is 6.45. The van der Waals surface area contributed by atoms with Crippen LogP contribution in [0.25, 0.3) is 0 Å². The minimum absolute atomic E-state index is 0.0311. The summed E-state index contributed by atoms with van der Waals surface area (Å²) in [4.78, 5) is 0. The molecule has 0 saturated heterocycles. The maximum absolute atomic E-state index is 5.94. The second-order valence-electron chi connectivity index (χ2n) is 5.94. The van der Waals surface area contributed by atoms with E-state index in [4.69, 9.17) is 20.8 Å². The van der Waals surface area contributed by atoms with Crippen molar-refractivity contribution in [2.24, 2.45) is 11.3 Å². The first kappa shape index (κ1) is 16.9. The van der Waals surface area contributed by atoms with Crippen LogP contribution in [0.3, 0.4) is 0 Å². The number of benzene rings is 1. The van der Waals surface area contributed by atoms with E-state index in [0.29, 0.717) is 11.6 Å². The van der Waals surface area contributed by atoms with Gasteiger partial charge in [0.15, 0.2) is 0 Å². The lowest BCUT2D eigenvalue weighted by atomic mass is 9.82. The van der Waals surface area contributed by atoms with Crippen LogP contribution in [0.15, 0.2) is 24.3 Å². The SMILES string of the molecule is C[Si](C)OC#C[C@H](COc1cccc(Cl)c1)C(C)(C)C. The Hall–Kier alpha value is -1.11. The predicted molar refractivity (Wildman–Crippen MR) is 86.2 cm³/mol. The van der Waals surface area contributed by atoms with Crippen molar-refractivity contribution in [1.82, 2.24) is 0 Å². The number of ether oxygens (including phenoxy) is 1. The van der Waals surface area contributed by atoms with Crippen LogP contribution < -0.4 is 4.74 Å². The summed E-state index contributed by atoms with van der Waals surface area (Å²) < 4.78 is 11.2. The molecule has 0 heterocycles. The van der Waals surface area contributed by atoms with E-state index < -0.39 is 9.04 Å². The van der Waals surface area contributed by atoms with Gasteiger partial charge in [0.1, 0.15) is 12.4 Å². The number of halogens is 1. The first-order valence-corrected chi connectivity index (χ1v) is 9.43. The topological polar surface area (TPSA) is 18.5 Å². The van der Waals surface area contributed by atoms with Crippen molar-refractivity contribution in [2.45, 2.75) is 33.9 Å². The standard InChI is InChI=1S/C16H22ClO2Si/c1-16(2,3)13(9-10-19-20(4)5)12-18-15-8-6-7-14(17)11-15/h6-8,11,13H,12H2,1-5H3/t13-/m1/s1. The normalized spacial score (nSPS) is 12.6. The molecule has 0 fully saturated rings. The Balaban J connectivity index is 2.68. The molecule has 0 bridgehead atoms. The van der Waals surface area contributed by atoms with Crippen molar-refractivity contribution in [3.63, 3.8) is 0 Å². The molecular formula is C16H22ClO2Si. The smallest absolute Gasteiger partial charge is 0.289 e. The van der Waals surface area contributed by atoms with E-state index in [2.05, 4.69) is 45.9 Å². The molecule has 0 N–H and O–H groups in total. The van der Waals surface area contributed by atoms with Gasteiger partial charge >= 0.3 is 0 Å². The largest absolute Gasteiger partial charge is 0.500 e. The van der Waals surface area contributed by atoms with Gasteiger partial charge in [-0.1, -0.05) is 44.4 Å². The van der Waals surface area contributed by atoms with E-state index in [1.165, 1.54) is 0 Å². The minimum atomic E-state index is -0.779. The Labute approximate surface area is 129 Å². The molecule has 0 saturated carbocycles.